The van der Waals surface area contributed by atoms with Crippen LogP contribution in [0.5, 0.6) is 0 Å². The van der Waals surface area contributed by atoms with Gasteiger partial charge in [0.25, 0.3) is 0 Å². The van der Waals surface area contributed by atoms with Crippen LogP contribution in [0.25, 0.3) is 0 Å². The van der Waals surface area contributed by atoms with E-state index in [4.69, 9.17) is 4.74 Å². The molecule has 2 saturated carbocycles. The maximum absolute atomic E-state index is 13.0. The number of halogens is 1. The van der Waals surface area contributed by atoms with Gasteiger partial charge in [-0.25, -0.2) is 4.39 Å². The summed E-state index contributed by atoms with van der Waals surface area (Å²) < 4.78 is 18.6. The third-order valence-corrected chi connectivity index (χ3v) is 3.98. The van der Waals surface area contributed by atoms with E-state index in [1.54, 1.807) is 12.1 Å². The Hall–Kier alpha value is -0.930. The van der Waals surface area contributed by atoms with Gasteiger partial charge in [0.1, 0.15) is 5.82 Å². The molecule has 0 bridgehead atoms. The molecule has 1 atom stereocenters. The van der Waals surface area contributed by atoms with Crippen molar-refractivity contribution in [2.45, 2.75) is 31.7 Å². The second-order valence-electron chi connectivity index (χ2n) is 5.84. The quantitative estimate of drug-likeness (QED) is 0.727. The molecule has 2 nitrogen and oxygen atoms in total. The van der Waals surface area contributed by atoms with Crippen LogP contribution in [0.1, 0.15) is 37.3 Å². The molecule has 3 heteroatoms. The summed E-state index contributed by atoms with van der Waals surface area (Å²) in [7, 11) is 0. The van der Waals surface area contributed by atoms with Gasteiger partial charge in [0.2, 0.25) is 0 Å². The van der Waals surface area contributed by atoms with Gasteiger partial charge in [0, 0.05) is 19.2 Å². The molecule has 3 rings (SSSR count). The molecular formula is C16H22FNO. The van der Waals surface area contributed by atoms with Crippen LogP contribution in [0.15, 0.2) is 24.3 Å². The fourth-order valence-electron chi connectivity index (χ4n) is 2.48. The Morgan fingerprint density at radius 1 is 1.16 bits per heavy atom. The fraction of sp³-hybridized carbons (Fsp3) is 0.625. The molecule has 1 unspecified atom stereocenters. The minimum Gasteiger partial charge on any atom is -0.380 e. The van der Waals surface area contributed by atoms with Crippen LogP contribution < -0.4 is 5.32 Å². The number of ether oxygens (including phenoxy) is 1. The van der Waals surface area contributed by atoms with Crippen molar-refractivity contribution in [3.63, 3.8) is 0 Å². The summed E-state index contributed by atoms with van der Waals surface area (Å²) in [5, 5.41) is 3.56. The number of benzene rings is 1. The Kier molecular flexibility index (Phi) is 4.14. The average Bonchev–Trinajstić information content (AvgIpc) is 3.27. The molecule has 0 amide bonds. The van der Waals surface area contributed by atoms with E-state index in [1.807, 2.05) is 12.1 Å². The molecule has 0 aromatic heterocycles. The monoisotopic (exact) mass is 263 g/mol. The standard InChI is InChI=1S/C16H22FNO/c17-15-7-5-14(6-8-15)16(13-3-4-13)18-9-10-19-11-12-1-2-12/h5-8,12-13,16,18H,1-4,9-11H2. The maximum Gasteiger partial charge on any atom is 0.123 e. The Balaban J connectivity index is 1.45. The molecule has 0 saturated heterocycles. The van der Waals surface area contributed by atoms with Crippen molar-refractivity contribution < 1.29 is 9.13 Å². The lowest BCUT2D eigenvalue weighted by Crippen LogP contribution is -2.27. The highest BCUT2D eigenvalue weighted by molar-refractivity contribution is 5.21. The van der Waals surface area contributed by atoms with E-state index in [1.165, 1.54) is 31.2 Å². The molecule has 1 aromatic carbocycles. The van der Waals surface area contributed by atoms with Crippen LogP contribution >= 0.6 is 0 Å². The lowest BCUT2D eigenvalue weighted by Gasteiger charge is -2.19. The molecule has 19 heavy (non-hydrogen) atoms. The highest BCUT2D eigenvalue weighted by Gasteiger charge is 2.31. The molecule has 0 spiro atoms. The SMILES string of the molecule is Fc1ccc(C(NCCOCC2CC2)C2CC2)cc1. The predicted molar refractivity (Wildman–Crippen MR) is 73.4 cm³/mol. The smallest absolute Gasteiger partial charge is 0.123 e. The van der Waals surface area contributed by atoms with Crippen LogP contribution in [0.4, 0.5) is 4.39 Å². The second kappa shape index (κ2) is 6.02. The minimum absolute atomic E-state index is 0.161. The molecule has 1 aromatic rings. The van der Waals surface area contributed by atoms with Crippen LogP contribution in [0.3, 0.4) is 0 Å². The second-order valence-corrected chi connectivity index (χ2v) is 5.84. The summed E-state index contributed by atoms with van der Waals surface area (Å²) in [6, 6.07) is 7.27. The maximum atomic E-state index is 13.0. The minimum atomic E-state index is -0.161. The first-order chi connectivity index (χ1) is 9.33. The van der Waals surface area contributed by atoms with Gasteiger partial charge in [-0.15, -0.1) is 0 Å². The number of rotatable bonds is 8. The van der Waals surface area contributed by atoms with Gasteiger partial charge in [0.15, 0.2) is 0 Å². The van der Waals surface area contributed by atoms with Gasteiger partial charge in [-0.1, -0.05) is 12.1 Å². The highest BCUT2D eigenvalue weighted by Crippen LogP contribution is 2.40. The van der Waals surface area contributed by atoms with E-state index >= 15 is 0 Å². The van der Waals surface area contributed by atoms with Gasteiger partial charge in [-0.3, -0.25) is 0 Å². The van der Waals surface area contributed by atoms with Gasteiger partial charge < -0.3 is 10.1 Å². The summed E-state index contributed by atoms with van der Waals surface area (Å²) in [4.78, 5) is 0. The molecule has 0 aliphatic heterocycles. The van der Waals surface area contributed by atoms with E-state index in [0.717, 1.165) is 25.7 Å². The summed E-state index contributed by atoms with van der Waals surface area (Å²) >= 11 is 0. The van der Waals surface area contributed by atoms with Crippen molar-refractivity contribution in [2.75, 3.05) is 19.8 Å². The van der Waals surface area contributed by atoms with Crippen LogP contribution in [-0.2, 0) is 4.74 Å². The van der Waals surface area contributed by atoms with Gasteiger partial charge in [0.05, 0.1) is 6.61 Å². The zero-order valence-corrected chi connectivity index (χ0v) is 11.3. The van der Waals surface area contributed by atoms with Gasteiger partial charge >= 0.3 is 0 Å². The average molecular weight is 263 g/mol. The topological polar surface area (TPSA) is 21.3 Å². The molecule has 2 aliphatic carbocycles. The molecule has 2 fully saturated rings. The molecule has 104 valence electrons. The summed E-state index contributed by atoms with van der Waals surface area (Å²) in [5.41, 5.74) is 1.20. The lowest BCUT2D eigenvalue weighted by atomic mass is 10.0. The fourth-order valence-corrected chi connectivity index (χ4v) is 2.48. The largest absolute Gasteiger partial charge is 0.380 e. The normalized spacial score (nSPS) is 20.5. The van der Waals surface area contributed by atoms with Gasteiger partial charge in [-0.05, 0) is 55.2 Å². The van der Waals surface area contributed by atoms with Crippen LogP contribution in [-0.4, -0.2) is 19.8 Å². The lowest BCUT2D eigenvalue weighted by molar-refractivity contribution is 0.123. The van der Waals surface area contributed by atoms with Crippen LogP contribution in [0.2, 0.25) is 0 Å². The van der Waals surface area contributed by atoms with Crippen LogP contribution in [0, 0.1) is 17.7 Å². The first kappa shape index (κ1) is 13.1. The predicted octanol–water partition coefficient (Wildman–Crippen LogP) is 3.29. The Morgan fingerprint density at radius 3 is 2.53 bits per heavy atom. The van der Waals surface area contributed by atoms with Crippen molar-refractivity contribution in [3.8, 4) is 0 Å². The van der Waals surface area contributed by atoms with E-state index in [2.05, 4.69) is 5.32 Å². The van der Waals surface area contributed by atoms with Gasteiger partial charge in [-0.2, -0.15) is 0 Å². The molecule has 0 heterocycles. The zero-order chi connectivity index (χ0) is 13.1. The van der Waals surface area contributed by atoms with E-state index < -0.39 is 0 Å². The van der Waals surface area contributed by atoms with Crippen molar-refractivity contribution >= 4 is 0 Å². The van der Waals surface area contributed by atoms with E-state index in [-0.39, 0.29) is 5.82 Å². The first-order valence-corrected chi connectivity index (χ1v) is 7.39. The summed E-state index contributed by atoms with van der Waals surface area (Å²) in [5.74, 6) is 1.39. The number of hydrogen-bond donors (Lipinski definition) is 1. The third kappa shape index (κ3) is 4.02. The Bertz CT molecular complexity index is 398. The molecular weight excluding hydrogens is 241 g/mol. The Labute approximate surface area is 114 Å². The van der Waals surface area contributed by atoms with Crippen molar-refractivity contribution in [1.82, 2.24) is 5.32 Å². The van der Waals surface area contributed by atoms with Crippen molar-refractivity contribution in [3.05, 3.63) is 35.6 Å². The number of hydrogen-bond acceptors (Lipinski definition) is 2. The zero-order valence-electron chi connectivity index (χ0n) is 11.3. The Morgan fingerprint density at radius 2 is 1.89 bits per heavy atom. The molecule has 2 aliphatic rings. The first-order valence-electron chi connectivity index (χ1n) is 7.39. The summed E-state index contributed by atoms with van der Waals surface area (Å²) in [6.45, 7) is 2.58. The van der Waals surface area contributed by atoms with Crippen molar-refractivity contribution in [2.24, 2.45) is 11.8 Å². The molecule has 1 N–H and O–H groups in total. The third-order valence-electron chi connectivity index (χ3n) is 3.98. The molecule has 0 radical (unpaired) electrons. The van der Waals surface area contributed by atoms with E-state index in [9.17, 15) is 4.39 Å². The highest BCUT2D eigenvalue weighted by atomic mass is 19.1. The summed E-state index contributed by atoms with van der Waals surface area (Å²) in [6.07, 6.45) is 5.23. The number of nitrogens with one attached hydrogen (secondary N) is 1. The van der Waals surface area contributed by atoms with E-state index in [0.29, 0.717) is 12.0 Å². The van der Waals surface area contributed by atoms with Crippen molar-refractivity contribution in [1.29, 1.82) is 0 Å².